The Morgan fingerprint density at radius 3 is 2.48 bits per heavy atom. The maximum atomic E-state index is 14.0. The standard InChI is InChI=1S/C33H55N3O7Si/c1-31(2,3)17-16-25-26(37)27(42-33(7,8)41-25)28(40-9)29(38)35-24-15-14-23(43-44(10,11)32(4,5)6)21-36(30(24)39)20-22-13-12-18-34-19-22/h12-13,16-19,23-28,37H,14-15,20-21H2,1-11H3,(H,35,38)/t23-,24+,25-,26-,27-,28?/m1/s1. The Morgan fingerprint density at radius 1 is 1.23 bits per heavy atom. The van der Waals surface area contributed by atoms with Crippen molar-refractivity contribution in [3.05, 3.63) is 42.2 Å². The second-order valence-electron chi connectivity index (χ2n) is 15.2. The molecular formula is C33H55N3O7Si. The zero-order valence-electron chi connectivity index (χ0n) is 28.5. The van der Waals surface area contributed by atoms with Crippen LogP contribution >= 0.6 is 0 Å². The molecule has 44 heavy (non-hydrogen) atoms. The molecule has 0 aromatic carbocycles. The van der Waals surface area contributed by atoms with Crippen molar-refractivity contribution in [2.45, 2.75) is 135 Å². The number of amides is 2. The summed E-state index contributed by atoms with van der Waals surface area (Å²) in [5.74, 6) is -1.81. The fourth-order valence-corrected chi connectivity index (χ4v) is 6.61. The van der Waals surface area contributed by atoms with Gasteiger partial charge >= 0.3 is 0 Å². The first kappa shape index (κ1) is 36.3. The minimum Gasteiger partial charge on any atom is -0.412 e. The van der Waals surface area contributed by atoms with E-state index in [9.17, 15) is 14.7 Å². The molecule has 0 aliphatic carbocycles. The van der Waals surface area contributed by atoms with E-state index in [1.165, 1.54) is 7.11 Å². The van der Waals surface area contributed by atoms with Crippen LogP contribution in [0.1, 0.15) is 73.8 Å². The van der Waals surface area contributed by atoms with E-state index in [1.807, 2.05) is 39.0 Å². The molecular weight excluding hydrogens is 578 g/mol. The molecule has 2 aliphatic rings. The molecule has 0 radical (unpaired) electrons. The SMILES string of the molecule is COC(C(=O)N[C@H]1CC[C@@H](O[Si](C)(C)C(C)(C)C)CN(Cc2cccnc2)C1=O)[C@@H]1OC(C)(C)O[C@H](C=CC(C)(C)C)[C@H]1O. The molecule has 6 atom stereocenters. The Labute approximate surface area is 265 Å². The first-order valence-corrected chi connectivity index (χ1v) is 18.6. The number of methoxy groups -OCH3 is 1. The summed E-state index contributed by atoms with van der Waals surface area (Å²) >= 11 is 0. The molecule has 2 fully saturated rings. The van der Waals surface area contributed by atoms with Gasteiger partial charge in [-0.2, -0.15) is 0 Å². The van der Waals surface area contributed by atoms with Crippen molar-refractivity contribution in [2.24, 2.45) is 5.41 Å². The van der Waals surface area contributed by atoms with Gasteiger partial charge in [-0.05, 0) is 61.9 Å². The Kier molecular flexibility index (Phi) is 11.6. The van der Waals surface area contributed by atoms with Crippen LogP contribution in [0.2, 0.25) is 18.1 Å². The fraction of sp³-hybridized carbons (Fsp3) is 0.727. The van der Waals surface area contributed by atoms with Crippen LogP contribution in [0.15, 0.2) is 36.7 Å². The molecule has 2 aliphatic heterocycles. The van der Waals surface area contributed by atoms with Gasteiger partial charge in [0.2, 0.25) is 5.91 Å². The smallest absolute Gasteiger partial charge is 0.252 e. The summed E-state index contributed by atoms with van der Waals surface area (Å²) in [5.41, 5.74) is 0.760. The maximum Gasteiger partial charge on any atom is 0.252 e. The highest BCUT2D eigenvalue weighted by atomic mass is 28.4. The number of aliphatic hydroxyl groups is 1. The van der Waals surface area contributed by atoms with Crippen molar-refractivity contribution >= 4 is 20.1 Å². The van der Waals surface area contributed by atoms with E-state index in [2.05, 4.69) is 44.2 Å². The molecule has 2 amide bonds. The third kappa shape index (κ3) is 9.67. The third-order valence-corrected chi connectivity index (χ3v) is 13.1. The number of nitrogens with zero attached hydrogens (tertiary/aromatic N) is 2. The van der Waals surface area contributed by atoms with Crippen molar-refractivity contribution in [1.29, 1.82) is 0 Å². The average molecular weight is 634 g/mol. The molecule has 3 heterocycles. The Morgan fingerprint density at radius 2 is 1.91 bits per heavy atom. The fourth-order valence-electron chi connectivity index (χ4n) is 5.23. The molecule has 0 saturated carbocycles. The van der Waals surface area contributed by atoms with Crippen molar-refractivity contribution in [3.8, 4) is 0 Å². The summed E-state index contributed by atoms with van der Waals surface area (Å²) in [6, 6.07) is 2.97. The zero-order valence-corrected chi connectivity index (χ0v) is 29.5. The Balaban J connectivity index is 1.84. The first-order valence-electron chi connectivity index (χ1n) is 15.6. The predicted octanol–water partition coefficient (Wildman–Crippen LogP) is 4.58. The minimum atomic E-state index is -2.12. The van der Waals surface area contributed by atoms with E-state index in [4.69, 9.17) is 18.6 Å². The number of hydrogen-bond donors (Lipinski definition) is 2. The van der Waals surface area contributed by atoms with Gasteiger partial charge in [-0.15, -0.1) is 0 Å². The summed E-state index contributed by atoms with van der Waals surface area (Å²) in [6.45, 7) is 21.4. The highest BCUT2D eigenvalue weighted by Gasteiger charge is 2.48. The number of likely N-dealkylation sites (tertiary alicyclic amines) is 1. The number of pyridine rings is 1. The lowest BCUT2D eigenvalue weighted by Gasteiger charge is -2.45. The maximum absolute atomic E-state index is 14.0. The normalized spacial score (nSPS) is 27.7. The van der Waals surface area contributed by atoms with Gasteiger partial charge in [0.15, 0.2) is 20.2 Å². The summed E-state index contributed by atoms with van der Waals surface area (Å²) in [4.78, 5) is 33.7. The largest absolute Gasteiger partial charge is 0.412 e. The quantitative estimate of drug-likeness (QED) is 0.300. The van der Waals surface area contributed by atoms with Crippen LogP contribution in [0.25, 0.3) is 0 Å². The number of carbonyl (C=O) groups excluding carboxylic acids is 2. The average Bonchev–Trinajstić information content (AvgIpc) is 3.03. The van der Waals surface area contributed by atoms with Crippen LogP contribution in [0.3, 0.4) is 0 Å². The second-order valence-corrected chi connectivity index (χ2v) is 19.9. The third-order valence-electron chi connectivity index (χ3n) is 8.60. The lowest BCUT2D eigenvalue weighted by molar-refractivity contribution is -0.334. The lowest BCUT2D eigenvalue weighted by atomic mass is 9.93. The number of aliphatic hydroxyl groups excluding tert-OH is 1. The zero-order chi connectivity index (χ0) is 33.1. The van der Waals surface area contributed by atoms with E-state index in [-0.39, 0.29) is 22.5 Å². The number of nitrogens with one attached hydrogen (secondary N) is 1. The van der Waals surface area contributed by atoms with Crippen molar-refractivity contribution in [3.63, 3.8) is 0 Å². The highest BCUT2D eigenvalue weighted by molar-refractivity contribution is 6.74. The lowest BCUT2D eigenvalue weighted by Crippen LogP contribution is -2.62. The van der Waals surface area contributed by atoms with Crippen LogP contribution in [0.4, 0.5) is 0 Å². The van der Waals surface area contributed by atoms with E-state index in [0.29, 0.717) is 25.9 Å². The van der Waals surface area contributed by atoms with Gasteiger partial charge in [-0.1, -0.05) is 59.8 Å². The molecule has 1 aromatic rings. The molecule has 2 N–H and O–H groups in total. The molecule has 2 saturated heterocycles. The molecule has 1 aromatic heterocycles. The minimum absolute atomic E-state index is 0.00898. The van der Waals surface area contributed by atoms with Crippen molar-refractivity contribution < 1.29 is 33.3 Å². The molecule has 248 valence electrons. The molecule has 0 spiro atoms. The number of allylic oxidation sites excluding steroid dienone is 1. The molecule has 1 unspecified atom stereocenters. The van der Waals surface area contributed by atoms with Crippen LogP contribution < -0.4 is 5.32 Å². The molecule has 0 bridgehead atoms. The van der Waals surface area contributed by atoms with Gasteiger partial charge in [-0.3, -0.25) is 14.6 Å². The van der Waals surface area contributed by atoms with Gasteiger partial charge in [-0.25, -0.2) is 0 Å². The number of hydrogen-bond acceptors (Lipinski definition) is 8. The number of ether oxygens (including phenoxy) is 3. The summed E-state index contributed by atoms with van der Waals surface area (Å²) < 4.78 is 24.5. The Bertz CT molecular complexity index is 1150. The monoisotopic (exact) mass is 633 g/mol. The Hall–Kier alpha value is -2.15. The van der Waals surface area contributed by atoms with Crippen molar-refractivity contribution in [2.75, 3.05) is 13.7 Å². The van der Waals surface area contributed by atoms with E-state index in [0.717, 1.165) is 5.56 Å². The predicted molar refractivity (Wildman–Crippen MR) is 172 cm³/mol. The summed E-state index contributed by atoms with van der Waals surface area (Å²) in [5, 5.41) is 14.2. The van der Waals surface area contributed by atoms with Crippen molar-refractivity contribution in [1.82, 2.24) is 15.2 Å². The van der Waals surface area contributed by atoms with E-state index < -0.39 is 50.5 Å². The van der Waals surface area contributed by atoms with Gasteiger partial charge in [0.05, 0.1) is 6.10 Å². The second kappa shape index (κ2) is 14.1. The van der Waals surface area contributed by atoms with Gasteiger partial charge in [0.25, 0.3) is 5.91 Å². The van der Waals surface area contributed by atoms with Crippen LogP contribution in [-0.2, 0) is 34.8 Å². The molecule has 10 nitrogen and oxygen atoms in total. The number of rotatable bonds is 9. The highest BCUT2D eigenvalue weighted by Crippen LogP contribution is 2.38. The summed E-state index contributed by atoms with van der Waals surface area (Å²) in [7, 11) is -0.727. The van der Waals surface area contributed by atoms with Crippen LogP contribution in [-0.4, -0.2) is 91.1 Å². The van der Waals surface area contributed by atoms with Gasteiger partial charge in [0.1, 0.15) is 24.4 Å². The topological polar surface area (TPSA) is 119 Å². The first-order chi connectivity index (χ1) is 20.2. The van der Waals surface area contributed by atoms with Crippen LogP contribution in [0, 0.1) is 5.41 Å². The van der Waals surface area contributed by atoms with Gasteiger partial charge < -0.3 is 34.0 Å². The van der Waals surface area contributed by atoms with E-state index in [1.54, 1.807) is 37.2 Å². The van der Waals surface area contributed by atoms with Crippen LogP contribution in [0.5, 0.6) is 0 Å². The molecule has 11 heteroatoms. The molecule has 3 rings (SSSR count). The number of aromatic nitrogens is 1. The van der Waals surface area contributed by atoms with Gasteiger partial charge in [0, 0.05) is 32.6 Å². The summed E-state index contributed by atoms with van der Waals surface area (Å²) in [6.07, 6.45) is 3.95. The van der Waals surface area contributed by atoms with E-state index >= 15 is 0 Å². The number of carbonyl (C=O) groups is 2.